The molecule has 114 valence electrons. The van der Waals surface area contributed by atoms with Gasteiger partial charge in [0.05, 0.1) is 0 Å². The molecule has 0 bridgehead atoms. The number of carbonyl (C=O) groups excluding carboxylic acids is 1. The molecule has 0 aromatic heterocycles. The van der Waals surface area contributed by atoms with Crippen molar-refractivity contribution >= 4 is 40.5 Å². The van der Waals surface area contributed by atoms with Gasteiger partial charge in [-0.05, 0) is 48.6 Å². The summed E-state index contributed by atoms with van der Waals surface area (Å²) in [4.78, 5) is 11.6. The molecule has 0 aliphatic carbocycles. The molecular formula is C15H14ClN3O2S. The highest BCUT2D eigenvalue weighted by Crippen LogP contribution is 2.13. The fourth-order valence-corrected chi connectivity index (χ4v) is 1.82. The number of hydrazine groups is 1. The Morgan fingerprint density at radius 3 is 2.41 bits per heavy atom. The summed E-state index contributed by atoms with van der Waals surface area (Å²) in [6.45, 7) is -0.111. The summed E-state index contributed by atoms with van der Waals surface area (Å²) in [7, 11) is 0. The molecule has 2 rings (SSSR count). The third-order valence-electron chi connectivity index (χ3n) is 2.53. The van der Waals surface area contributed by atoms with Crippen molar-refractivity contribution in [2.24, 2.45) is 0 Å². The summed E-state index contributed by atoms with van der Waals surface area (Å²) in [5.74, 6) is 0.281. The number of hydrogen-bond donors (Lipinski definition) is 3. The maximum Gasteiger partial charge on any atom is 0.276 e. The van der Waals surface area contributed by atoms with E-state index in [0.29, 0.717) is 10.8 Å². The summed E-state index contributed by atoms with van der Waals surface area (Å²) in [5.41, 5.74) is 5.79. The van der Waals surface area contributed by atoms with Crippen LogP contribution in [0.4, 0.5) is 5.69 Å². The third-order valence-corrected chi connectivity index (χ3v) is 2.99. The van der Waals surface area contributed by atoms with Crippen molar-refractivity contribution in [2.75, 3.05) is 11.9 Å². The molecule has 0 heterocycles. The summed E-state index contributed by atoms with van der Waals surface area (Å²) < 4.78 is 5.30. The first-order valence-corrected chi connectivity index (χ1v) is 7.21. The molecule has 0 unspecified atom stereocenters. The zero-order valence-electron chi connectivity index (χ0n) is 11.5. The van der Waals surface area contributed by atoms with Gasteiger partial charge in [-0.2, -0.15) is 0 Å². The van der Waals surface area contributed by atoms with Crippen LogP contribution in [0.25, 0.3) is 0 Å². The van der Waals surface area contributed by atoms with Gasteiger partial charge in [0.15, 0.2) is 11.7 Å². The topological polar surface area (TPSA) is 62.4 Å². The van der Waals surface area contributed by atoms with E-state index in [1.54, 1.807) is 36.4 Å². The van der Waals surface area contributed by atoms with Crippen LogP contribution in [0.1, 0.15) is 0 Å². The molecule has 2 aromatic rings. The van der Waals surface area contributed by atoms with E-state index < -0.39 is 0 Å². The second kappa shape index (κ2) is 8.21. The van der Waals surface area contributed by atoms with Crippen LogP contribution in [-0.4, -0.2) is 17.6 Å². The molecule has 0 saturated carbocycles. The average molecular weight is 336 g/mol. The zero-order valence-corrected chi connectivity index (χ0v) is 13.1. The fourth-order valence-electron chi connectivity index (χ4n) is 1.52. The molecule has 0 radical (unpaired) electrons. The van der Waals surface area contributed by atoms with Gasteiger partial charge in [-0.15, -0.1) is 0 Å². The van der Waals surface area contributed by atoms with E-state index in [4.69, 9.17) is 28.6 Å². The number of halogens is 1. The lowest BCUT2D eigenvalue weighted by Crippen LogP contribution is -2.45. The van der Waals surface area contributed by atoms with Crippen molar-refractivity contribution in [2.45, 2.75) is 0 Å². The third kappa shape index (κ3) is 5.59. The molecule has 5 nitrogen and oxygen atoms in total. The number of para-hydroxylation sites is 1. The minimum absolute atomic E-state index is 0.111. The van der Waals surface area contributed by atoms with Crippen molar-refractivity contribution < 1.29 is 9.53 Å². The number of benzene rings is 2. The van der Waals surface area contributed by atoms with Crippen molar-refractivity contribution in [3.05, 3.63) is 59.6 Å². The summed E-state index contributed by atoms with van der Waals surface area (Å²) in [6.07, 6.45) is 0. The highest BCUT2D eigenvalue weighted by Gasteiger charge is 2.03. The molecular weight excluding hydrogens is 322 g/mol. The van der Waals surface area contributed by atoms with Gasteiger partial charge in [0.2, 0.25) is 0 Å². The summed E-state index contributed by atoms with van der Waals surface area (Å²) in [5, 5.41) is 3.80. The molecule has 0 aliphatic heterocycles. The Morgan fingerprint density at radius 2 is 1.73 bits per heavy atom. The Labute approximate surface area is 138 Å². The van der Waals surface area contributed by atoms with Crippen LogP contribution < -0.4 is 20.9 Å². The first kappa shape index (κ1) is 16.1. The maximum atomic E-state index is 11.6. The quantitative estimate of drug-likeness (QED) is 0.592. The van der Waals surface area contributed by atoms with Crippen LogP contribution in [0, 0.1) is 0 Å². The number of rotatable bonds is 4. The molecule has 0 atom stereocenters. The van der Waals surface area contributed by atoms with E-state index in [1.807, 2.05) is 18.2 Å². The van der Waals surface area contributed by atoms with Gasteiger partial charge in [-0.3, -0.25) is 15.6 Å². The Bertz CT molecular complexity index is 635. The monoisotopic (exact) mass is 335 g/mol. The van der Waals surface area contributed by atoms with E-state index in [-0.39, 0.29) is 17.6 Å². The molecule has 0 fully saturated rings. The van der Waals surface area contributed by atoms with Crippen LogP contribution >= 0.6 is 23.8 Å². The minimum Gasteiger partial charge on any atom is -0.484 e. The van der Waals surface area contributed by atoms with Crippen molar-refractivity contribution in [3.8, 4) is 5.75 Å². The number of hydrogen-bond acceptors (Lipinski definition) is 3. The number of carbonyl (C=O) groups is 1. The predicted octanol–water partition coefficient (Wildman–Crippen LogP) is 2.74. The number of anilines is 1. The normalized spacial score (nSPS) is 9.68. The highest BCUT2D eigenvalue weighted by molar-refractivity contribution is 7.80. The second-order valence-corrected chi connectivity index (χ2v) is 5.08. The van der Waals surface area contributed by atoms with Crippen molar-refractivity contribution in [1.82, 2.24) is 10.9 Å². The lowest BCUT2D eigenvalue weighted by Gasteiger charge is -2.12. The van der Waals surface area contributed by atoms with Crippen LogP contribution in [0.3, 0.4) is 0 Å². The van der Waals surface area contributed by atoms with Crippen molar-refractivity contribution in [3.63, 3.8) is 0 Å². The molecule has 22 heavy (non-hydrogen) atoms. The Hall–Kier alpha value is -2.31. The van der Waals surface area contributed by atoms with E-state index in [9.17, 15) is 4.79 Å². The second-order valence-electron chi connectivity index (χ2n) is 4.24. The van der Waals surface area contributed by atoms with E-state index in [2.05, 4.69) is 16.2 Å². The first-order chi connectivity index (χ1) is 10.6. The van der Waals surface area contributed by atoms with Crippen LogP contribution in [0.15, 0.2) is 54.6 Å². The molecule has 3 N–H and O–H groups in total. The molecule has 0 spiro atoms. The van der Waals surface area contributed by atoms with Gasteiger partial charge in [-0.1, -0.05) is 29.8 Å². The van der Waals surface area contributed by atoms with E-state index in [1.165, 1.54) is 0 Å². The number of amides is 1. The first-order valence-electron chi connectivity index (χ1n) is 6.43. The number of ether oxygens (including phenoxy) is 1. The SMILES string of the molecule is O=C(COc1ccccc1)NNC(=S)Nc1ccc(Cl)cc1. The van der Waals surface area contributed by atoms with Gasteiger partial charge in [0.1, 0.15) is 5.75 Å². The minimum atomic E-state index is -0.343. The number of nitrogens with one attached hydrogen (secondary N) is 3. The summed E-state index contributed by atoms with van der Waals surface area (Å²) in [6, 6.07) is 16.1. The van der Waals surface area contributed by atoms with E-state index in [0.717, 1.165) is 5.69 Å². The molecule has 1 amide bonds. The van der Waals surface area contributed by atoms with E-state index >= 15 is 0 Å². The van der Waals surface area contributed by atoms with Gasteiger partial charge < -0.3 is 10.1 Å². The molecule has 7 heteroatoms. The lowest BCUT2D eigenvalue weighted by atomic mass is 10.3. The maximum absolute atomic E-state index is 11.6. The molecule has 2 aromatic carbocycles. The smallest absolute Gasteiger partial charge is 0.276 e. The average Bonchev–Trinajstić information content (AvgIpc) is 2.54. The zero-order chi connectivity index (χ0) is 15.8. The van der Waals surface area contributed by atoms with Gasteiger partial charge in [0, 0.05) is 10.7 Å². The lowest BCUT2D eigenvalue weighted by molar-refractivity contribution is -0.123. The fraction of sp³-hybridized carbons (Fsp3) is 0.0667. The van der Waals surface area contributed by atoms with Gasteiger partial charge in [0.25, 0.3) is 5.91 Å². The molecule has 0 aliphatic rings. The number of thiocarbonyl (C=S) groups is 1. The largest absolute Gasteiger partial charge is 0.484 e. The Balaban J connectivity index is 1.69. The van der Waals surface area contributed by atoms with Crippen LogP contribution in [-0.2, 0) is 4.79 Å². The Kier molecular flexibility index (Phi) is 6.00. The van der Waals surface area contributed by atoms with Gasteiger partial charge in [-0.25, -0.2) is 0 Å². The highest BCUT2D eigenvalue weighted by atomic mass is 35.5. The standard InChI is InChI=1S/C15H14ClN3O2S/c16-11-6-8-12(9-7-11)17-15(22)19-18-14(20)10-21-13-4-2-1-3-5-13/h1-9H,10H2,(H,18,20)(H2,17,19,22). The van der Waals surface area contributed by atoms with Gasteiger partial charge >= 0.3 is 0 Å². The van der Waals surface area contributed by atoms with Crippen molar-refractivity contribution in [1.29, 1.82) is 0 Å². The molecule has 0 saturated heterocycles. The predicted molar refractivity (Wildman–Crippen MR) is 90.9 cm³/mol. The van der Waals surface area contributed by atoms with Crippen LogP contribution in [0.2, 0.25) is 5.02 Å². The summed E-state index contributed by atoms with van der Waals surface area (Å²) >= 11 is 10.8. The van der Waals surface area contributed by atoms with Crippen LogP contribution in [0.5, 0.6) is 5.75 Å². The Morgan fingerprint density at radius 1 is 1.05 bits per heavy atom.